The van der Waals surface area contributed by atoms with Gasteiger partial charge in [-0.1, -0.05) is 6.07 Å². The smallest absolute Gasteiger partial charge is 0.319 e. The van der Waals surface area contributed by atoms with E-state index in [1.807, 2.05) is 0 Å². The summed E-state index contributed by atoms with van der Waals surface area (Å²) in [4.78, 5) is 11.5. The van der Waals surface area contributed by atoms with Crippen molar-refractivity contribution < 1.29 is 23.1 Å². The molecule has 0 spiro atoms. The third-order valence-electron chi connectivity index (χ3n) is 2.78. The molecule has 5 nitrogen and oxygen atoms in total. The zero-order valence-corrected chi connectivity index (χ0v) is 11.0. The molecule has 1 aromatic heterocycles. The number of nitrogens with one attached hydrogen (secondary N) is 2. The van der Waals surface area contributed by atoms with Crippen molar-refractivity contribution in [2.45, 2.75) is 12.5 Å². The summed E-state index contributed by atoms with van der Waals surface area (Å²) in [5.41, 5.74) is -0.512. The van der Waals surface area contributed by atoms with Gasteiger partial charge < -0.3 is 20.2 Å². The van der Waals surface area contributed by atoms with Gasteiger partial charge in [-0.15, -0.1) is 0 Å². The second kappa shape index (κ2) is 6.85. The van der Waals surface area contributed by atoms with E-state index in [1.165, 1.54) is 12.3 Å². The van der Waals surface area contributed by atoms with E-state index in [0.29, 0.717) is 5.76 Å². The van der Waals surface area contributed by atoms with Crippen LogP contribution in [0.5, 0.6) is 0 Å². The fraction of sp³-hybridized carbons (Fsp3) is 0.214. The molecule has 21 heavy (non-hydrogen) atoms. The Balaban J connectivity index is 1.80. The molecule has 0 unspecified atom stereocenters. The summed E-state index contributed by atoms with van der Waals surface area (Å²) in [5.74, 6) is -1.33. The van der Waals surface area contributed by atoms with Crippen molar-refractivity contribution in [1.82, 2.24) is 5.32 Å². The molecule has 3 N–H and O–H groups in total. The predicted molar refractivity (Wildman–Crippen MR) is 71.7 cm³/mol. The molecule has 2 amide bonds. The van der Waals surface area contributed by atoms with E-state index in [9.17, 15) is 18.7 Å². The van der Waals surface area contributed by atoms with Crippen LogP contribution in [0.1, 0.15) is 18.3 Å². The molecule has 0 fully saturated rings. The van der Waals surface area contributed by atoms with Gasteiger partial charge >= 0.3 is 6.03 Å². The van der Waals surface area contributed by atoms with E-state index in [1.54, 1.807) is 12.1 Å². The Bertz CT molecular complexity index is 582. The molecule has 1 atom stereocenters. The number of carbonyl (C=O) groups is 1. The third-order valence-corrected chi connectivity index (χ3v) is 2.78. The minimum absolute atomic E-state index is 0.115. The van der Waals surface area contributed by atoms with E-state index in [4.69, 9.17) is 4.42 Å². The normalized spacial score (nSPS) is 12.0. The molecule has 2 rings (SSSR count). The fourth-order valence-electron chi connectivity index (χ4n) is 1.72. The lowest BCUT2D eigenvalue weighted by molar-refractivity contribution is 0.140. The number of hydrogen-bond acceptors (Lipinski definition) is 3. The highest BCUT2D eigenvalue weighted by Gasteiger charge is 2.13. The van der Waals surface area contributed by atoms with Crippen LogP contribution in [-0.4, -0.2) is 17.7 Å². The van der Waals surface area contributed by atoms with Gasteiger partial charge in [0.15, 0.2) is 0 Å². The number of carbonyl (C=O) groups excluding carboxylic acids is 1. The first-order valence-corrected chi connectivity index (χ1v) is 6.28. The van der Waals surface area contributed by atoms with Gasteiger partial charge in [-0.3, -0.25) is 0 Å². The number of anilines is 1. The van der Waals surface area contributed by atoms with Crippen molar-refractivity contribution in [1.29, 1.82) is 0 Å². The molecular weight excluding hydrogens is 282 g/mol. The Hall–Kier alpha value is -2.41. The number of benzene rings is 1. The zero-order valence-electron chi connectivity index (χ0n) is 11.0. The molecule has 0 bridgehead atoms. The van der Waals surface area contributed by atoms with Crippen molar-refractivity contribution in [3.05, 3.63) is 54.0 Å². The van der Waals surface area contributed by atoms with E-state index in [-0.39, 0.29) is 13.0 Å². The number of para-hydroxylation sites is 1. The number of aliphatic hydroxyl groups excluding tert-OH is 1. The van der Waals surface area contributed by atoms with E-state index >= 15 is 0 Å². The minimum atomic E-state index is -0.860. The lowest BCUT2D eigenvalue weighted by Gasteiger charge is -2.11. The lowest BCUT2D eigenvalue weighted by Crippen LogP contribution is -2.31. The number of urea groups is 1. The average molecular weight is 296 g/mol. The summed E-state index contributed by atoms with van der Waals surface area (Å²) < 4.78 is 31.6. The molecule has 0 saturated carbocycles. The Morgan fingerprint density at radius 1 is 1.24 bits per heavy atom. The number of furan rings is 1. The van der Waals surface area contributed by atoms with Crippen molar-refractivity contribution >= 4 is 11.7 Å². The molecule has 1 aromatic carbocycles. The number of halogens is 2. The summed E-state index contributed by atoms with van der Waals surface area (Å²) in [7, 11) is 0. The molecule has 0 saturated heterocycles. The first kappa shape index (κ1) is 15.0. The van der Waals surface area contributed by atoms with Gasteiger partial charge in [0.05, 0.1) is 6.26 Å². The van der Waals surface area contributed by atoms with Gasteiger partial charge in [-0.2, -0.15) is 0 Å². The molecule has 7 heteroatoms. The van der Waals surface area contributed by atoms with Crippen LogP contribution in [0.2, 0.25) is 0 Å². The minimum Gasteiger partial charge on any atom is -0.467 e. The van der Waals surface area contributed by atoms with Gasteiger partial charge in [0.25, 0.3) is 0 Å². The Morgan fingerprint density at radius 2 is 1.95 bits per heavy atom. The second-order valence-corrected chi connectivity index (χ2v) is 4.30. The van der Waals surface area contributed by atoms with Crippen LogP contribution in [0.15, 0.2) is 41.0 Å². The van der Waals surface area contributed by atoms with Crippen molar-refractivity contribution in [2.75, 3.05) is 11.9 Å². The second-order valence-electron chi connectivity index (χ2n) is 4.30. The SMILES string of the molecule is O=C(NCC[C@@H](O)c1ccco1)Nc1c(F)cccc1F. The summed E-state index contributed by atoms with van der Waals surface area (Å²) in [5, 5.41) is 14.2. The first-order valence-electron chi connectivity index (χ1n) is 6.28. The topological polar surface area (TPSA) is 74.5 Å². The molecule has 112 valence electrons. The number of hydrogen-bond donors (Lipinski definition) is 3. The summed E-state index contributed by atoms with van der Waals surface area (Å²) >= 11 is 0. The highest BCUT2D eigenvalue weighted by atomic mass is 19.1. The zero-order chi connectivity index (χ0) is 15.2. The van der Waals surface area contributed by atoms with Crippen LogP contribution in [0, 0.1) is 11.6 Å². The van der Waals surface area contributed by atoms with Crippen LogP contribution in [0.4, 0.5) is 19.3 Å². The van der Waals surface area contributed by atoms with Gasteiger partial charge in [-0.05, 0) is 30.7 Å². The van der Waals surface area contributed by atoms with Crippen LogP contribution >= 0.6 is 0 Å². The van der Waals surface area contributed by atoms with Gasteiger partial charge in [0.1, 0.15) is 29.2 Å². The predicted octanol–water partition coefficient (Wildman–Crippen LogP) is 2.80. The average Bonchev–Trinajstić information content (AvgIpc) is 2.97. The number of rotatable bonds is 5. The number of aliphatic hydroxyl groups is 1. The summed E-state index contributed by atoms with van der Waals surface area (Å²) in [6, 6.07) is 5.77. The Labute approximate surface area is 119 Å². The monoisotopic (exact) mass is 296 g/mol. The highest BCUT2D eigenvalue weighted by molar-refractivity contribution is 5.89. The maximum Gasteiger partial charge on any atom is 0.319 e. The van der Waals surface area contributed by atoms with Gasteiger partial charge in [0, 0.05) is 6.54 Å². The maximum atomic E-state index is 13.3. The fourth-order valence-corrected chi connectivity index (χ4v) is 1.72. The van der Waals surface area contributed by atoms with E-state index in [2.05, 4.69) is 10.6 Å². The molecule has 0 aliphatic rings. The van der Waals surface area contributed by atoms with Crippen LogP contribution in [0.25, 0.3) is 0 Å². The maximum absolute atomic E-state index is 13.3. The van der Waals surface area contributed by atoms with Crippen molar-refractivity contribution in [3.8, 4) is 0 Å². The highest BCUT2D eigenvalue weighted by Crippen LogP contribution is 2.18. The molecule has 0 aliphatic carbocycles. The molecular formula is C14H14F2N2O3. The Kier molecular flexibility index (Phi) is 4.89. The van der Waals surface area contributed by atoms with Gasteiger partial charge in [-0.25, -0.2) is 13.6 Å². The molecule has 0 aliphatic heterocycles. The van der Waals surface area contributed by atoms with E-state index in [0.717, 1.165) is 12.1 Å². The molecule has 2 aromatic rings. The summed E-state index contributed by atoms with van der Waals surface area (Å²) in [6.45, 7) is 0.115. The van der Waals surface area contributed by atoms with Crippen LogP contribution in [0.3, 0.4) is 0 Å². The van der Waals surface area contributed by atoms with Gasteiger partial charge in [0.2, 0.25) is 0 Å². The van der Waals surface area contributed by atoms with E-state index < -0.39 is 29.5 Å². The van der Waals surface area contributed by atoms with Crippen molar-refractivity contribution in [3.63, 3.8) is 0 Å². The van der Waals surface area contributed by atoms with Crippen LogP contribution in [-0.2, 0) is 0 Å². The molecule has 1 heterocycles. The Morgan fingerprint density at radius 3 is 2.57 bits per heavy atom. The standard InChI is InChI=1S/C14H14F2N2O3/c15-9-3-1-4-10(16)13(9)18-14(20)17-7-6-11(19)12-5-2-8-21-12/h1-5,8,11,19H,6-7H2,(H2,17,18,20)/t11-/m1/s1. The van der Waals surface area contributed by atoms with Crippen LogP contribution < -0.4 is 10.6 Å². The number of amides is 2. The third kappa shape index (κ3) is 4.03. The largest absolute Gasteiger partial charge is 0.467 e. The first-order chi connectivity index (χ1) is 10.1. The quantitative estimate of drug-likeness (QED) is 0.794. The lowest BCUT2D eigenvalue weighted by atomic mass is 10.2. The van der Waals surface area contributed by atoms with Crippen molar-refractivity contribution in [2.24, 2.45) is 0 Å². The summed E-state index contributed by atoms with van der Waals surface area (Å²) in [6.07, 6.45) is 0.783. The molecule has 0 radical (unpaired) electrons.